The van der Waals surface area contributed by atoms with E-state index in [2.05, 4.69) is 27.8 Å². The van der Waals surface area contributed by atoms with E-state index in [0.29, 0.717) is 0 Å². The highest BCUT2D eigenvalue weighted by Crippen LogP contribution is 2.31. The Morgan fingerprint density at radius 1 is 1.33 bits per heavy atom. The molecule has 0 spiro atoms. The van der Waals surface area contributed by atoms with Crippen LogP contribution in [0.4, 0.5) is 4.39 Å². The van der Waals surface area contributed by atoms with Gasteiger partial charge < -0.3 is 0 Å². The molecule has 78 valence electrons. The second kappa shape index (κ2) is 4.41. The van der Waals surface area contributed by atoms with E-state index in [9.17, 15) is 4.39 Å². The molecule has 0 unspecified atom stereocenters. The summed E-state index contributed by atoms with van der Waals surface area (Å²) in [5.74, 6) is -0.217. The fourth-order valence-electron chi connectivity index (χ4n) is 1.40. The molecular formula is C11H9BrFNS. The molecule has 0 saturated heterocycles. The maximum absolute atomic E-state index is 12.8. The van der Waals surface area contributed by atoms with Crippen molar-refractivity contribution >= 4 is 27.3 Å². The van der Waals surface area contributed by atoms with Crippen molar-refractivity contribution in [3.63, 3.8) is 0 Å². The van der Waals surface area contributed by atoms with Crippen LogP contribution in [-0.2, 0) is 6.42 Å². The molecule has 0 atom stereocenters. The van der Waals surface area contributed by atoms with Crippen molar-refractivity contribution < 1.29 is 4.39 Å². The number of rotatable bonds is 2. The van der Waals surface area contributed by atoms with Crippen molar-refractivity contribution in [3.05, 3.63) is 38.9 Å². The topological polar surface area (TPSA) is 12.9 Å². The molecule has 0 N–H and O–H groups in total. The van der Waals surface area contributed by atoms with Crippen molar-refractivity contribution in [1.82, 2.24) is 4.98 Å². The first-order chi connectivity index (χ1) is 7.20. The molecule has 15 heavy (non-hydrogen) atoms. The number of thiazole rings is 1. The summed E-state index contributed by atoms with van der Waals surface area (Å²) in [7, 11) is 0. The Balaban J connectivity index is 2.48. The molecule has 0 aliphatic rings. The van der Waals surface area contributed by atoms with E-state index in [1.807, 2.05) is 0 Å². The fraction of sp³-hybridized carbons (Fsp3) is 0.182. The molecule has 1 nitrogen and oxygen atoms in total. The number of aryl methyl sites for hydroxylation is 1. The predicted molar refractivity (Wildman–Crippen MR) is 64.6 cm³/mol. The minimum absolute atomic E-state index is 0.217. The first-order valence-electron chi connectivity index (χ1n) is 4.62. The maximum Gasteiger partial charge on any atom is 0.160 e. The lowest BCUT2D eigenvalue weighted by Gasteiger charge is -1.99. The lowest BCUT2D eigenvalue weighted by molar-refractivity contribution is 0.628. The minimum atomic E-state index is -0.217. The predicted octanol–water partition coefficient (Wildman–Crippen LogP) is 4.27. The molecule has 0 aliphatic carbocycles. The van der Waals surface area contributed by atoms with Gasteiger partial charge >= 0.3 is 0 Å². The van der Waals surface area contributed by atoms with Gasteiger partial charge in [-0.1, -0.05) is 6.92 Å². The van der Waals surface area contributed by atoms with Crippen molar-refractivity contribution in [2.24, 2.45) is 0 Å². The molecule has 0 bridgehead atoms. The number of aromatic nitrogens is 1. The summed E-state index contributed by atoms with van der Waals surface area (Å²) in [5.41, 5.74) is 1.92. The Hall–Kier alpha value is -0.740. The number of hydrogen-bond donors (Lipinski definition) is 0. The molecule has 1 aromatic heterocycles. The molecule has 0 fully saturated rings. The summed E-state index contributed by atoms with van der Waals surface area (Å²) >= 11 is 4.99. The largest absolute Gasteiger partial charge is 0.229 e. The molecule has 2 rings (SSSR count). The Kier molecular flexibility index (Phi) is 3.17. The zero-order chi connectivity index (χ0) is 10.8. The monoisotopic (exact) mass is 285 g/mol. The van der Waals surface area contributed by atoms with Crippen LogP contribution in [0.25, 0.3) is 11.3 Å². The molecule has 0 aliphatic heterocycles. The Morgan fingerprint density at radius 3 is 2.60 bits per heavy atom. The van der Waals surface area contributed by atoms with E-state index < -0.39 is 0 Å². The van der Waals surface area contributed by atoms with Gasteiger partial charge in [0.15, 0.2) is 3.92 Å². The highest BCUT2D eigenvalue weighted by atomic mass is 79.9. The van der Waals surface area contributed by atoms with Crippen LogP contribution in [0.15, 0.2) is 28.2 Å². The summed E-state index contributed by atoms with van der Waals surface area (Å²) in [6.45, 7) is 2.09. The normalized spacial score (nSPS) is 10.6. The van der Waals surface area contributed by atoms with Crippen LogP contribution in [0, 0.1) is 5.82 Å². The summed E-state index contributed by atoms with van der Waals surface area (Å²) < 4.78 is 13.6. The van der Waals surface area contributed by atoms with E-state index in [1.165, 1.54) is 17.0 Å². The smallest absolute Gasteiger partial charge is 0.160 e. The molecule has 1 heterocycles. The lowest BCUT2D eigenvalue weighted by atomic mass is 10.1. The van der Waals surface area contributed by atoms with Gasteiger partial charge in [-0.2, -0.15) is 0 Å². The Labute approximate surface area is 100 Å². The summed E-state index contributed by atoms with van der Waals surface area (Å²) in [6.07, 6.45) is 0.940. The SMILES string of the molecule is CCc1sc(Br)nc1-c1ccc(F)cc1. The molecule has 0 saturated carbocycles. The zero-order valence-corrected chi connectivity index (χ0v) is 10.5. The Morgan fingerprint density at radius 2 is 2.00 bits per heavy atom. The third-order valence-electron chi connectivity index (χ3n) is 2.11. The van der Waals surface area contributed by atoms with Crippen LogP contribution in [0.1, 0.15) is 11.8 Å². The van der Waals surface area contributed by atoms with Crippen LogP contribution in [0.5, 0.6) is 0 Å². The lowest BCUT2D eigenvalue weighted by Crippen LogP contribution is -1.83. The third-order valence-corrected chi connectivity index (χ3v) is 3.76. The molecule has 4 heteroatoms. The molecule has 2 aromatic rings. The number of halogens is 2. The van der Waals surface area contributed by atoms with Crippen LogP contribution >= 0.6 is 27.3 Å². The van der Waals surface area contributed by atoms with Crippen molar-refractivity contribution in [1.29, 1.82) is 0 Å². The first-order valence-corrected chi connectivity index (χ1v) is 6.22. The second-order valence-electron chi connectivity index (χ2n) is 3.10. The number of benzene rings is 1. The van der Waals surface area contributed by atoms with Gasteiger partial charge in [0.2, 0.25) is 0 Å². The van der Waals surface area contributed by atoms with Crippen molar-refractivity contribution in [2.75, 3.05) is 0 Å². The van der Waals surface area contributed by atoms with Gasteiger partial charge in [-0.05, 0) is 46.6 Å². The highest BCUT2D eigenvalue weighted by Gasteiger charge is 2.09. The van der Waals surface area contributed by atoms with Gasteiger partial charge in [0.25, 0.3) is 0 Å². The second-order valence-corrected chi connectivity index (χ2v) is 5.46. The van der Waals surface area contributed by atoms with Gasteiger partial charge in [-0.15, -0.1) is 11.3 Å². The Bertz CT molecular complexity index is 464. The maximum atomic E-state index is 12.8. The van der Waals surface area contributed by atoms with Gasteiger partial charge in [-0.3, -0.25) is 0 Å². The molecule has 1 aromatic carbocycles. The van der Waals surface area contributed by atoms with Gasteiger partial charge in [0.1, 0.15) is 5.82 Å². The quantitative estimate of drug-likeness (QED) is 0.803. The fourth-order valence-corrected chi connectivity index (χ4v) is 2.90. The van der Waals surface area contributed by atoms with Gasteiger partial charge in [0.05, 0.1) is 5.69 Å². The van der Waals surface area contributed by atoms with Gasteiger partial charge in [-0.25, -0.2) is 9.37 Å². The minimum Gasteiger partial charge on any atom is -0.229 e. The van der Waals surface area contributed by atoms with E-state index in [-0.39, 0.29) is 5.82 Å². The average Bonchev–Trinajstić information content (AvgIpc) is 2.61. The summed E-state index contributed by atoms with van der Waals surface area (Å²) in [5, 5.41) is 0. The van der Waals surface area contributed by atoms with Gasteiger partial charge in [0, 0.05) is 10.4 Å². The number of hydrogen-bond acceptors (Lipinski definition) is 2. The van der Waals surface area contributed by atoms with Crippen LogP contribution in [0.3, 0.4) is 0 Å². The van der Waals surface area contributed by atoms with Crippen LogP contribution in [0.2, 0.25) is 0 Å². The zero-order valence-electron chi connectivity index (χ0n) is 8.13. The summed E-state index contributed by atoms with van der Waals surface area (Å²) in [4.78, 5) is 5.61. The van der Waals surface area contributed by atoms with Crippen molar-refractivity contribution in [3.8, 4) is 11.3 Å². The molecule has 0 amide bonds. The summed E-state index contributed by atoms with van der Waals surface area (Å²) in [6, 6.07) is 6.44. The standard InChI is InChI=1S/C11H9BrFNS/c1-2-9-10(14-11(12)15-9)7-3-5-8(13)6-4-7/h3-6H,2H2,1H3. The van der Waals surface area contributed by atoms with E-state index in [1.54, 1.807) is 23.5 Å². The molecule has 0 radical (unpaired) electrons. The average molecular weight is 286 g/mol. The van der Waals surface area contributed by atoms with E-state index in [0.717, 1.165) is 21.6 Å². The molecular weight excluding hydrogens is 277 g/mol. The highest BCUT2D eigenvalue weighted by molar-refractivity contribution is 9.11. The first kappa shape index (κ1) is 10.8. The van der Waals surface area contributed by atoms with E-state index in [4.69, 9.17) is 0 Å². The number of nitrogens with zero attached hydrogens (tertiary/aromatic N) is 1. The van der Waals surface area contributed by atoms with E-state index >= 15 is 0 Å². The third kappa shape index (κ3) is 2.26. The van der Waals surface area contributed by atoms with Crippen LogP contribution in [-0.4, -0.2) is 4.98 Å². The van der Waals surface area contributed by atoms with Crippen LogP contribution < -0.4 is 0 Å². The van der Waals surface area contributed by atoms with Crippen molar-refractivity contribution in [2.45, 2.75) is 13.3 Å².